The van der Waals surface area contributed by atoms with Crippen LogP contribution in [0.25, 0.3) is 6.08 Å². The van der Waals surface area contributed by atoms with Gasteiger partial charge in [0.05, 0.1) is 12.2 Å². The van der Waals surface area contributed by atoms with Crippen LogP contribution in [-0.4, -0.2) is 12.6 Å². The van der Waals surface area contributed by atoms with Gasteiger partial charge in [-0.1, -0.05) is 13.3 Å². The van der Waals surface area contributed by atoms with Crippen LogP contribution in [0.4, 0.5) is 0 Å². The van der Waals surface area contributed by atoms with E-state index in [0.717, 1.165) is 18.4 Å². The van der Waals surface area contributed by atoms with E-state index in [0.29, 0.717) is 17.9 Å². The molecule has 0 saturated carbocycles. The van der Waals surface area contributed by atoms with Crippen molar-refractivity contribution in [3.8, 4) is 5.75 Å². The summed E-state index contributed by atoms with van der Waals surface area (Å²) in [6, 6.07) is 5.22. The lowest BCUT2D eigenvalue weighted by atomic mass is 10.1. The average Bonchev–Trinajstić information content (AvgIpc) is 2.38. The van der Waals surface area contributed by atoms with E-state index in [2.05, 4.69) is 12.4 Å². The van der Waals surface area contributed by atoms with Crippen molar-refractivity contribution in [2.24, 2.45) is 0 Å². The Morgan fingerprint density at radius 2 is 2.35 bits per heavy atom. The van der Waals surface area contributed by atoms with E-state index in [9.17, 15) is 4.79 Å². The molecule has 17 heavy (non-hydrogen) atoms. The van der Waals surface area contributed by atoms with Gasteiger partial charge in [0, 0.05) is 11.8 Å². The lowest BCUT2D eigenvalue weighted by Crippen LogP contribution is -2.15. The van der Waals surface area contributed by atoms with Crippen LogP contribution >= 0.6 is 0 Å². The predicted molar refractivity (Wildman–Crippen MR) is 64.4 cm³/mol. The first-order valence-electron chi connectivity index (χ1n) is 5.71. The number of unbranched alkanes of at least 4 members (excludes halogenated alkanes) is 1. The van der Waals surface area contributed by atoms with Crippen LogP contribution in [0, 0.1) is 0 Å². The lowest BCUT2D eigenvalue weighted by Gasteiger charge is -2.13. The Hall–Kier alpha value is -1.97. The molecule has 0 amide bonds. The molecule has 2 rings (SSSR count). The summed E-state index contributed by atoms with van der Waals surface area (Å²) >= 11 is 0. The minimum absolute atomic E-state index is 0.284. The molecule has 1 aromatic carbocycles. The number of fused-ring (bicyclic) bond motifs is 1. The zero-order valence-corrected chi connectivity index (χ0v) is 9.73. The standard InChI is InChI=1S/C13H15NO3/c1-2-3-8-16-13(15)11-4-5-12-10(9-11)6-7-14-17-12/h4-7,9,14H,2-3,8H2,1H3. The van der Waals surface area contributed by atoms with Gasteiger partial charge in [0.2, 0.25) is 0 Å². The van der Waals surface area contributed by atoms with Crippen LogP contribution in [0.5, 0.6) is 5.75 Å². The van der Waals surface area contributed by atoms with Crippen molar-refractivity contribution in [2.75, 3.05) is 6.61 Å². The Morgan fingerprint density at radius 1 is 1.47 bits per heavy atom. The molecule has 1 aromatic rings. The van der Waals surface area contributed by atoms with Gasteiger partial charge in [0.15, 0.2) is 5.75 Å². The summed E-state index contributed by atoms with van der Waals surface area (Å²) in [7, 11) is 0. The van der Waals surface area contributed by atoms with E-state index in [4.69, 9.17) is 9.57 Å². The first kappa shape index (κ1) is 11.5. The summed E-state index contributed by atoms with van der Waals surface area (Å²) in [6.45, 7) is 2.53. The fourth-order valence-electron chi connectivity index (χ4n) is 1.51. The summed E-state index contributed by atoms with van der Waals surface area (Å²) in [5, 5.41) is 0. The van der Waals surface area contributed by atoms with E-state index < -0.39 is 0 Å². The van der Waals surface area contributed by atoms with Gasteiger partial charge >= 0.3 is 5.97 Å². The Bertz CT molecular complexity index is 440. The SMILES string of the molecule is CCCCOC(=O)c1ccc2c(c1)C=CNO2. The molecule has 0 aromatic heterocycles. The molecule has 1 heterocycles. The third-order valence-electron chi connectivity index (χ3n) is 2.48. The molecule has 0 bridgehead atoms. The molecule has 0 spiro atoms. The van der Waals surface area contributed by atoms with E-state index >= 15 is 0 Å². The van der Waals surface area contributed by atoms with Crippen molar-refractivity contribution in [2.45, 2.75) is 19.8 Å². The van der Waals surface area contributed by atoms with Gasteiger partial charge in [0.25, 0.3) is 0 Å². The molecule has 1 aliphatic rings. The number of carbonyl (C=O) groups is 1. The van der Waals surface area contributed by atoms with Crippen LogP contribution in [0.1, 0.15) is 35.7 Å². The highest BCUT2D eigenvalue weighted by Gasteiger charge is 2.12. The number of rotatable bonds is 4. The largest absolute Gasteiger partial charge is 0.462 e. The lowest BCUT2D eigenvalue weighted by molar-refractivity contribution is 0.0499. The maximum Gasteiger partial charge on any atom is 0.338 e. The van der Waals surface area contributed by atoms with E-state index in [1.54, 1.807) is 24.4 Å². The van der Waals surface area contributed by atoms with Gasteiger partial charge in [0.1, 0.15) is 0 Å². The quantitative estimate of drug-likeness (QED) is 0.641. The van der Waals surface area contributed by atoms with Gasteiger partial charge < -0.3 is 9.57 Å². The van der Waals surface area contributed by atoms with Crippen LogP contribution < -0.4 is 10.3 Å². The Kier molecular flexibility index (Phi) is 3.65. The molecule has 1 N–H and O–H groups in total. The fourth-order valence-corrected chi connectivity index (χ4v) is 1.51. The number of ether oxygens (including phenoxy) is 1. The number of nitrogens with one attached hydrogen (secondary N) is 1. The molecule has 0 unspecified atom stereocenters. The van der Waals surface area contributed by atoms with Gasteiger partial charge in [-0.3, -0.25) is 0 Å². The highest BCUT2D eigenvalue weighted by atomic mass is 16.6. The topological polar surface area (TPSA) is 47.6 Å². The zero-order chi connectivity index (χ0) is 12.1. The van der Waals surface area contributed by atoms with Crippen molar-refractivity contribution in [1.29, 1.82) is 0 Å². The molecule has 0 saturated heterocycles. The second kappa shape index (κ2) is 5.39. The maximum absolute atomic E-state index is 11.7. The number of hydroxylamine groups is 1. The number of carbonyl (C=O) groups excluding carboxylic acids is 1. The molecule has 4 nitrogen and oxygen atoms in total. The van der Waals surface area contributed by atoms with Crippen LogP contribution in [-0.2, 0) is 4.74 Å². The van der Waals surface area contributed by atoms with E-state index in [1.165, 1.54) is 0 Å². The Balaban J connectivity index is 2.07. The number of hydrogen-bond donors (Lipinski definition) is 1. The minimum Gasteiger partial charge on any atom is -0.462 e. The van der Waals surface area contributed by atoms with E-state index in [-0.39, 0.29) is 5.97 Å². The number of benzene rings is 1. The smallest absolute Gasteiger partial charge is 0.338 e. The second-order valence-electron chi connectivity index (χ2n) is 3.80. The first-order valence-corrected chi connectivity index (χ1v) is 5.71. The fraction of sp³-hybridized carbons (Fsp3) is 0.308. The average molecular weight is 233 g/mol. The summed E-state index contributed by atoms with van der Waals surface area (Å²) in [4.78, 5) is 16.9. The van der Waals surface area contributed by atoms with Gasteiger partial charge in [-0.15, -0.1) is 0 Å². The highest BCUT2D eigenvalue weighted by molar-refractivity contribution is 5.90. The Morgan fingerprint density at radius 3 is 3.18 bits per heavy atom. The Labute approximate surface area is 100 Å². The van der Waals surface area contributed by atoms with Crippen molar-refractivity contribution >= 4 is 12.0 Å². The summed E-state index contributed by atoms with van der Waals surface area (Å²) in [5.74, 6) is 0.422. The van der Waals surface area contributed by atoms with Crippen LogP contribution in [0.3, 0.4) is 0 Å². The molecule has 1 aliphatic heterocycles. The summed E-state index contributed by atoms with van der Waals surface area (Å²) < 4.78 is 5.14. The van der Waals surface area contributed by atoms with E-state index in [1.807, 2.05) is 6.08 Å². The predicted octanol–water partition coefficient (Wildman–Crippen LogP) is 2.51. The van der Waals surface area contributed by atoms with Crippen molar-refractivity contribution in [3.63, 3.8) is 0 Å². The normalized spacial score (nSPS) is 12.3. The summed E-state index contributed by atoms with van der Waals surface area (Å²) in [5.41, 5.74) is 4.05. The minimum atomic E-state index is -0.284. The molecular weight excluding hydrogens is 218 g/mol. The van der Waals surface area contributed by atoms with Crippen molar-refractivity contribution < 1.29 is 14.4 Å². The third-order valence-corrected chi connectivity index (χ3v) is 2.48. The molecule has 4 heteroatoms. The molecular formula is C13H15NO3. The first-order chi connectivity index (χ1) is 8.31. The number of esters is 1. The monoisotopic (exact) mass is 233 g/mol. The molecule has 0 atom stereocenters. The van der Waals surface area contributed by atoms with Crippen LogP contribution in [0.2, 0.25) is 0 Å². The second-order valence-corrected chi connectivity index (χ2v) is 3.80. The van der Waals surface area contributed by atoms with Gasteiger partial charge in [-0.05, 0) is 30.7 Å². The summed E-state index contributed by atoms with van der Waals surface area (Å²) in [6.07, 6.45) is 5.43. The number of hydrogen-bond acceptors (Lipinski definition) is 4. The third kappa shape index (κ3) is 2.78. The van der Waals surface area contributed by atoms with Gasteiger partial charge in [-0.2, -0.15) is 0 Å². The van der Waals surface area contributed by atoms with Gasteiger partial charge in [-0.25, -0.2) is 10.3 Å². The zero-order valence-electron chi connectivity index (χ0n) is 9.73. The van der Waals surface area contributed by atoms with Crippen LogP contribution in [0.15, 0.2) is 24.4 Å². The molecule has 0 aliphatic carbocycles. The van der Waals surface area contributed by atoms with Crippen molar-refractivity contribution in [3.05, 3.63) is 35.5 Å². The molecule has 90 valence electrons. The molecule has 0 fully saturated rings. The van der Waals surface area contributed by atoms with Crippen molar-refractivity contribution in [1.82, 2.24) is 5.48 Å². The maximum atomic E-state index is 11.7. The molecule has 0 radical (unpaired) electrons. The highest BCUT2D eigenvalue weighted by Crippen LogP contribution is 2.23.